The Hall–Kier alpha value is -2.56. The summed E-state index contributed by atoms with van der Waals surface area (Å²) in [5, 5.41) is 5.43. The van der Waals surface area contributed by atoms with Gasteiger partial charge < -0.3 is 10.2 Å². The van der Waals surface area contributed by atoms with E-state index >= 15 is 0 Å². The monoisotopic (exact) mass is 256 g/mol. The fraction of sp³-hybridized carbons (Fsp3) is 0.143. The highest BCUT2D eigenvalue weighted by Gasteiger charge is 2.04. The summed E-state index contributed by atoms with van der Waals surface area (Å²) in [6, 6.07) is 12.6. The maximum Gasteiger partial charge on any atom is 0.324 e. The second-order valence-corrected chi connectivity index (χ2v) is 4.24. The van der Waals surface area contributed by atoms with Gasteiger partial charge in [0.05, 0.1) is 0 Å². The molecule has 1 aromatic heterocycles. The van der Waals surface area contributed by atoms with Gasteiger partial charge in [0.25, 0.3) is 0 Å². The Balaban J connectivity index is 2.01. The van der Waals surface area contributed by atoms with Gasteiger partial charge in [-0.05, 0) is 30.3 Å². The minimum atomic E-state index is -0.311. The van der Waals surface area contributed by atoms with E-state index in [0.29, 0.717) is 5.82 Å². The Bertz CT molecular complexity index is 554. The zero-order chi connectivity index (χ0) is 13.7. The predicted molar refractivity (Wildman–Crippen MR) is 77.6 cm³/mol. The van der Waals surface area contributed by atoms with Crippen LogP contribution in [0.1, 0.15) is 0 Å². The lowest BCUT2D eigenvalue weighted by Crippen LogP contribution is -2.20. The number of carbonyl (C=O) groups is 1. The van der Waals surface area contributed by atoms with Crippen molar-refractivity contribution >= 4 is 23.2 Å². The zero-order valence-corrected chi connectivity index (χ0v) is 10.9. The second-order valence-electron chi connectivity index (χ2n) is 4.24. The van der Waals surface area contributed by atoms with Crippen LogP contribution in [-0.4, -0.2) is 25.1 Å². The molecule has 2 rings (SSSR count). The number of nitrogens with one attached hydrogen (secondary N) is 2. The average molecular weight is 256 g/mol. The van der Waals surface area contributed by atoms with Gasteiger partial charge in [-0.25, -0.2) is 9.78 Å². The maximum atomic E-state index is 11.8. The molecular formula is C14H16N4O. The summed E-state index contributed by atoms with van der Waals surface area (Å²) in [5.41, 5.74) is 1.76. The smallest absolute Gasteiger partial charge is 0.324 e. The lowest BCUT2D eigenvalue weighted by Gasteiger charge is -2.14. The van der Waals surface area contributed by atoms with Gasteiger partial charge in [-0.3, -0.25) is 5.32 Å². The Morgan fingerprint density at radius 1 is 1.11 bits per heavy atom. The fourth-order valence-corrected chi connectivity index (χ4v) is 1.58. The number of hydrogen-bond acceptors (Lipinski definition) is 3. The molecule has 0 spiro atoms. The Morgan fingerprint density at radius 3 is 2.63 bits per heavy atom. The molecule has 0 saturated heterocycles. The van der Waals surface area contributed by atoms with Crippen molar-refractivity contribution in [2.24, 2.45) is 0 Å². The number of hydrogen-bond donors (Lipinski definition) is 2. The van der Waals surface area contributed by atoms with E-state index < -0.39 is 0 Å². The third kappa shape index (κ3) is 3.70. The van der Waals surface area contributed by atoms with Gasteiger partial charge in [0.1, 0.15) is 5.82 Å². The molecule has 0 unspecified atom stereocenters. The van der Waals surface area contributed by atoms with Crippen LogP contribution in [0.25, 0.3) is 0 Å². The summed E-state index contributed by atoms with van der Waals surface area (Å²) >= 11 is 0. The largest absolute Gasteiger partial charge is 0.378 e. The number of carbonyl (C=O) groups excluding carboxylic acids is 1. The van der Waals surface area contributed by atoms with Gasteiger partial charge in [0.2, 0.25) is 0 Å². The number of pyridine rings is 1. The lowest BCUT2D eigenvalue weighted by molar-refractivity contribution is 0.262. The average Bonchev–Trinajstić information content (AvgIpc) is 2.40. The summed E-state index contributed by atoms with van der Waals surface area (Å²) in [6.07, 6.45) is 1.63. The summed E-state index contributed by atoms with van der Waals surface area (Å²) in [7, 11) is 3.90. The number of urea groups is 1. The van der Waals surface area contributed by atoms with E-state index in [2.05, 4.69) is 15.6 Å². The maximum absolute atomic E-state index is 11.8. The number of rotatable bonds is 3. The Kier molecular flexibility index (Phi) is 3.97. The molecule has 0 atom stereocenters. The number of aromatic nitrogens is 1. The normalized spacial score (nSPS) is 9.79. The van der Waals surface area contributed by atoms with Crippen LogP contribution in [0.4, 0.5) is 22.0 Å². The van der Waals surface area contributed by atoms with Crippen molar-refractivity contribution in [3.63, 3.8) is 0 Å². The van der Waals surface area contributed by atoms with Crippen LogP contribution in [0.15, 0.2) is 48.7 Å². The third-order valence-electron chi connectivity index (χ3n) is 2.53. The molecule has 0 aliphatic rings. The molecule has 0 radical (unpaired) electrons. The standard InChI is InChI=1S/C14H16N4O/c1-18(2)12-7-5-6-11(10-12)16-14(19)17-13-8-3-4-9-15-13/h3-10H,1-2H3,(H2,15,16,17,19). The van der Waals surface area contributed by atoms with Crippen LogP contribution in [0.3, 0.4) is 0 Å². The highest BCUT2D eigenvalue weighted by molar-refractivity contribution is 5.99. The molecule has 2 amide bonds. The van der Waals surface area contributed by atoms with Crippen LogP contribution in [0, 0.1) is 0 Å². The van der Waals surface area contributed by atoms with Gasteiger partial charge in [0.15, 0.2) is 0 Å². The molecular weight excluding hydrogens is 240 g/mol. The molecule has 1 aromatic carbocycles. The van der Waals surface area contributed by atoms with Gasteiger partial charge in [-0.2, -0.15) is 0 Å². The quantitative estimate of drug-likeness (QED) is 0.887. The first-order valence-electron chi connectivity index (χ1n) is 5.91. The van der Waals surface area contributed by atoms with E-state index in [0.717, 1.165) is 11.4 Å². The molecule has 0 saturated carbocycles. The van der Waals surface area contributed by atoms with Crippen molar-refractivity contribution in [1.82, 2.24) is 4.98 Å². The molecule has 2 N–H and O–H groups in total. The van der Waals surface area contributed by atoms with Gasteiger partial charge in [0, 0.05) is 31.7 Å². The van der Waals surface area contributed by atoms with Gasteiger partial charge >= 0.3 is 6.03 Å². The predicted octanol–water partition coefficient (Wildman–Crippen LogP) is 2.79. The van der Waals surface area contributed by atoms with Crippen molar-refractivity contribution in [1.29, 1.82) is 0 Å². The molecule has 0 fully saturated rings. The van der Waals surface area contributed by atoms with E-state index in [1.54, 1.807) is 18.3 Å². The summed E-state index contributed by atoms with van der Waals surface area (Å²) in [4.78, 5) is 17.8. The number of amides is 2. The second kappa shape index (κ2) is 5.86. The number of benzene rings is 1. The van der Waals surface area contributed by atoms with E-state index in [1.165, 1.54) is 0 Å². The summed E-state index contributed by atoms with van der Waals surface area (Å²) in [5.74, 6) is 0.517. The van der Waals surface area contributed by atoms with Crippen molar-refractivity contribution in [3.8, 4) is 0 Å². The van der Waals surface area contributed by atoms with Crippen molar-refractivity contribution in [2.75, 3.05) is 29.6 Å². The van der Waals surface area contributed by atoms with Crippen molar-refractivity contribution < 1.29 is 4.79 Å². The van der Waals surface area contributed by atoms with Gasteiger partial charge in [-0.1, -0.05) is 12.1 Å². The first kappa shape index (κ1) is 12.9. The molecule has 1 heterocycles. The summed E-state index contributed by atoms with van der Waals surface area (Å²) in [6.45, 7) is 0. The highest BCUT2D eigenvalue weighted by atomic mass is 16.2. The highest BCUT2D eigenvalue weighted by Crippen LogP contribution is 2.17. The molecule has 0 aliphatic heterocycles. The van der Waals surface area contributed by atoms with Crippen LogP contribution in [0.2, 0.25) is 0 Å². The molecule has 0 aliphatic carbocycles. The van der Waals surface area contributed by atoms with Crippen molar-refractivity contribution in [3.05, 3.63) is 48.7 Å². The van der Waals surface area contributed by atoms with Crippen LogP contribution in [-0.2, 0) is 0 Å². The van der Waals surface area contributed by atoms with Crippen LogP contribution < -0.4 is 15.5 Å². The van der Waals surface area contributed by atoms with Crippen molar-refractivity contribution in [2.45, 2.75) is 0 Å². The number of anilines is 3. The van der Waals surface area contributed by atoms with E-state index in [-0.39, 0.29) is 6.03 Å². The zero-order valence-electron chi connectivity index (χ0n) is 10.9. The minimum Gasteiger partial charge on any atom is -0.378 e. The molecule has 5 nitrogen and oxygen atoms in total. The molecule has 0 bridgehead atoms. The SMILES string of the molecule is CN(C)c1cccc(NC(=O)Nc2ccccn2)c1. The Morgan fingerprint density at radius 2 is 1.95 bits per heavy atom. The molecule has 2 aromatic rings. The molecule has 98 valence electrons. The first-order chi connectivity index (χ1) is 9.15. The van der Waals surface area contributed by atoms with Crippen LogP contribution >= 0.6 is 0 Å². The van der Waals surface area contributed by atoms with E-state index in [1.807, 2.05) is 49.3 Å². The topological polar surface area (TPSA) is 57.3 Å². The van der Waals surface area contributed by atoms with Crippen LogP contribution in [0.5, 0.6) is 0 Å². The van der Waals surface area contributed by atoms with Gasteiger partial charge in [-0.15, -0.1) is 0 Å². The van der Waals surface area contributed by atoms with E-state index in [9.17, 15) is 4.79 Å². The molecule has 19 heavy (non-hydrogen) atoms. The first-order valence-corrected chi connectivity index (χ1v) is 5.91. The lowest BCUT2D eigenvalue weighted by atomic mass is 10.2. The number of nitrogens with zero attached hydrogens (tertiary/aromatic N) is 2. The fourth-order valence-electron chi connectivity index (χ4n) is 1.58. The minimum absolute atomic E-state index is 0.311. The Labute approximate surface area is 112 Å². The summed E-state index contributed by atoms with van der Waals surface area (Å²) < 4.78 is 0. The third-order valence-corrected chi connectivity index (χ3v) is 2.53. The molecule has 5 heteroatoms. The van der Waals surface area contributed by atoms with E-state index in [4.69, 9.17) is 0 Å².